The zero-order chi connectivity index (χ0) is 13.9. The summed E-state index contributed by atoms with van der Waals surface area (Å²) in [7, 11) is -1.92. The molecule has 0 aliphatic carbocycles. The van der Waals surface area contributed by atoms with Gasteiger partial charge in [-0.05, 0) is 12.8 Å². The lowest BCUT2D eigenvalue weighted by Crippen LogP contribution is -2.32. The van der Waals surface area contributed by atoms with Gasteiger partial charge < -0.3 is 5.73 Å². The van der Waals surface area contributed by atoms with Crippen molar-refractivity contribution >= 4 is 10.0 Å². The Bertz CT molecular complexity index is 495. The highest BCUT2D eigenvalue weighted by molar-refractivity contribution is 7.89. The van der Waals surface area contributed by atoms with Crippen molar-refractivity contribution in [3.63, 3.8) is 0 Å². The zero-order valence-corrected chi connectivity index (χ0v) is 12.2. The molecule has 1 aromatic rings. The lowest BCUT2D eigenvalue weighted by atomic mass is 10.1. The Labute approximate surface area is 109 Å². The largest absolute Gasteiger partial charge is 0.325 e. The lowest BCUT2D eigenvalue weighted by Gasteiger charge is -2.20. The average Bonchev–Trinajstić information content (AvgIpc) is 2.70. The fourth-order valence-electron chi connectivity index (χ4n) is 1.77. The smallest absolute Gasteiger partial charge is 0.246 e. The summed E-state index contributed by atoms with van der Waals surface area (Å²) in [6.45, 7) is 6.36. The molecular formula is C11H22N4O2S. The highest BCUT2D eigenvalue weighted by atomic mass is 32.2. The fourth-order valence-corrected chi connectivity index (χ4v) is 3.39. The molecule has 0 spiro atoms. The van der Waals surface area contributed by atoms with E-state index in [0.717, 1.165) is 6.42 Å². The summed E-state index contributed by atoms with van der Waals surface area (Å²) < 4.78 is 26.3. The van der Waals surface area contributed by atoms with Gasteiger partial charge in [0, 0.05) is 20.1 Å². The van der Waals surface area contributed by atoms with Crippen LogP contribution in [0, 0.1) is 12.8 Å². The molecule has 0 saturated carbocycles. The first kappa shape index (κ1) is 15.1. The Balaban J connectivity index is 3.09. The Morgan fingerprint density at radius 2 is 2.11 bits per heavy atom. The van der Waals surface area contributed by atoms with E-state index < -0.39 is 10.0 Å². The number of H-pyrrole nitrogens is 1. The number of aromatic amines is 1. The van der Waals surface area contributed by atoms with E-state index in [4.69, 9.17) is 5.73 Å². The Hall–Kier alpha value is -0.920. The number of hydrogen-bond acceptors (Lipinski definition) is 4. The van der Waals surface area contributed by atoms with E-state index in [0.29, 0.717) is 23.9 Å². The molecule has 3 N–H and O–H groups in total. The quantitative estimate of drug-likeness (QED) is 0.804. The SMILES string of the molecule is CCC(C)CN(C)S(=O)(=O)c1c(CN)n[nH]c1C. The molecule has 7 heteroatoms. The van der Waals surface area contributed by atoms with E-state index in [2.05, 4.69) is 10.2 Å². The first-order valence-electron chi connectivity index (χ1n) is 6.04. The van der Waals surface area contributed by atoms with Gasteiger partial charge in [0.1, 0.15) is 4.90 Å². The molecule has 1 heterocycles. The minimum absolute atomic E-state index is 0.107. The maximum absolute atomic E-state index is 12.5. The third-order valence-corrected chi connectivity index (χ3v) is 5.12. The van der Waals surface area contributed by atoms with Crippen LogP contribution in [0.1, 0.15) is 31.7 Å². The number of nitrogens with zero attached hydrogens (tertiary/aromatic N) is 2. The minimum Gasteiger partial charge on any atom is -0.325 e. The van der Waals surface area contributed by atoms with E-state index in [1.165, 1.54) is 4.31 Å². The van der Waals surface area contributed by atoms with Crippen LogP contribution in [0.5, 0.6) is 0 Å². The molecule has 0 saturated heterocycles. The van der Waals surface area contributed by atoms with Crippen molar-refractivity contribution in [2.45, 2.75) is 38.6 Å². The van der Waals surface area contributed by atoms with E-state index in [1.807, 2.05) is 13.8 Å². The van der Waals surface area contributed by atoms with E-state index in [9.17, 15) is 8.42 Å². The van der Waals surface area contributed by atoms with Gasteiger partial charge in [-0.15, -0.1) is 0 Å². The Kier molecular flexibility index (Phi) is 4.89. The Morgan fingerprint density at radius 1 is 1.50 bits per heavy atom. The van der Waals surface area contributed by atoms with Gasteiger partial charge in [0.2, 0.25) is 10.0 Å². The number of hydrogen-bond donors (Lipinski definition) is 2. The van der Waals surface area contributed by atoms with Crippen LogP contribution in [-0.4, -0.2) is 36.5 Å². The minimum atomic E-state index is -3.51. The van der Waals surface area contributed by atoms with Crippen molar-refractivity contribution in [1.29, 1.82) is 0 Å². The van der Waals surface area contributed by atoms with Crippen molar-refractivity contribution in [3.8, 4) is 0 Å². The number of sulfonamides is 1. The van der Waals surface area contributed by atoms with Crippen LogP contribution in [0.3, 0.4) is 0 Å². The van der Waals surface area contributed by atoms with Crippen molar-refractivity contribution in [2.75, 3.05) is 13.6 Å². The molecule has 1 aromatic heterocycles. The first-order valence-corrected chi connectivity index (χ1v) is 7.48. The van der Waals surface area contributed by atoms with Crippen LogP contribution >= 0.6 is 0 Å². The fraction of sp³-hybridized carbons (Fsp3) is 0.727. The second kappa shape index (κ2) is 5.81. The molecule has 6 nitrogen and oxygen atoms in total. The third kappa shape index (κ3) is 2.90. The van der Waals surface area contributed by atoms with Crippen LogP contribution in [0.25, 0.3) is 0 Å². The summed E-state index contributed by atoms with van der Waals surface area (Å²) in [6, 6.07) is 0. The van der Waals surface area contributed by atoms with Crippen molar-refractivity contribution in [3.05, 3.63) is 11.4 Å². The van der Waals surface area contributed by atoms with Crippen LogP contribution in [0.15, 0.2) is 4.90 Å². The zero-order valence-electron chi connectivity index (χ0n) is 11.4. The van der Waals surface area contributed by atoms with Gasteiger partial charge in [0.05, 0.1) is 11.4 Å². The number of aryl methyl sites for hydroxylation is 1. The van der Waals surface area contributed by atoms with Gasteiger partial charge in [-0.3, -0.25) is 5.10 Å². The highest BCUT2D eigenvalue weighted by Gasteiger charge is 2.28. The Morgan fingerprint density at radius 3 is 2.61 bits per heavy atom. The number of aromatic nitrogens is 2. The summed E-state index contributed by atoms with van der Waals surface area (Å²) in [5.74, 6) is 0.318. The van der Waals surface area contributed by atoms with Crippen LogP contribution < -0.4 is 5.73 Å². The highest BCUT2D eigenvalue weighted by Crippen LogP contribution is 2.22. The molecule has 1 atom stereocenters. The normalized spacial score (nSPS) is 14.1. The van der Waals surface area contributed by atoms with E-state index in [-0.39, 0.29) is 11.4 Å². The van der Waals surface area contributed by atoms with E-state index in [1.54, 1.807) is 14.0 Å². The molecule has 0 aliphatic rings. The molecule has 0 radical (unpaired) electrons. The molecular weight excluding hydrogens is 252 g/mol. The van der Waals surface area contributed by atoms with Gasteiger partial charge in [-0.25, -0.2) is 12.7 Å². The molecule has 18 heavy (non-hydrogen) atoms. The van der Waals surface area contributed by atoms with Gasteiger partial charge in [-0.2, -0.15) is 5.10 Å². The van der Waals surface area contributed by atoms with Crippen LogP contribution in [0.4, 0.5) is 0 Å². The van der Waals surface area contributed by atoms with E-state index >= 15 is 0 Å². The lowest BCUT2D eigenvalue weighted by molar-refractivity contribution is 0.393. The maximum Gasteiger partial charge on any atom is 0.246 e. The van der Waals surface area contributed by atoms with Crippen LogP contribution in [0.2, 0.25) is 0 Å². The summed E-state index contributed by atoms with van der Waals surface area (Å²) in [5, 5.41) is 6.61. The van der Waals surface area contributed by atoms with Crippen molar-refractivity contribution in [1.82, 2.24) is 14.5 Å². The van der Waals surface area contributed by atoms with Gasteiger partial charge in [0.15, 0.2) is 0 Å². The predicted molar refractivity (Wildman–Crippen MR) is 70.5 cm³/mol. The third-order valence-electron chi connectivity index (χ3n) is 3.09. The van der Waals surface area contributed by atoms with Gasteiger partial charge in [-0.1, -0.05) is 20.3 Å². The molecule has 104 valence electrons. The predicted octanol–water partition coefficient (Wildman–Crippen LogP) is 0.843. The summed E-state index contributed by atoms with van der Waals surface area (Å²) in [5.41, 5.74) is 6.45. The van der Waals surface area contributed by atoms with Crippen molar-refractivity contribution < 1.29 is 8.42 Å². The summed E-state index contributed by atoms with van der Waals surface area (Å²) in [4.78, 5) is 0.218. The topological polar surface area (TPSA) is 92.1 Å². The summed E-state index contributed by atoms with van der Waals surface area (Å²) in [6.07, 6.45) is 0.938. The number of rotatable bonds is 6. The second-order valence-electron chi connectivity index (χ2n) is 4.63. The van der Waals surface area contributed by atoms with Crippen LogP contribution in [-0.2, 0) is 16.6 Å². The molecule has 1 unspecified atom stereocenters. The molecule has 0 fully saturated rings. The average molecular weight is 274 g/mol. The molecule has 0 aromatic carbocycles. The molecule has 0 aliphatic heterocycles. The van der Waals surface area contributed by atoms with Crippen molar-refractivity contribution in [2.24, 2.45) is 11.7 Å². The number of nitrogens with one attached hydrogen (secondary N) is 1. The molecule has 1 rings (SSSR count). The first-order chi connectivity index (χ1) is 8.34. The number of nitrogens with two attached hydrogens (primary N) is 1. The maximum atomic E-state index is 12.5. The van der Waals surface area contributed by atoms with Gasteiger partial charge >= 0.3 is 0 Å². The van der Waals surface area contributed by atoms with Gasteiger partial charge in [0.25, 0.3) is 0 Å². The molecule has 0 amide bonds. The standard InChI is InChI=1S/C11H22N4O2S/c1-5-8(2)7-15(4)18(16,17)11-9(3)13-14-10(11)6-12/h8H,5-7,12H2,1-4H3,(H,13,14). The summed E-state index contributed by atoms with van der Waals surface area (Å²) >= 11 is 0. The molecule has 0 bridgehead atoms. The monoisotopic (exact) mass is 274 g/mol. The second-order valence-corrected chi connectivity index (χ2v) is 6.61.